The zero-order chi connectivity index (χ0) is 14.5. The van der Waals surface area contributed by atoms with Crippen LogP contribution in [0.2, 0.25) is 0 Å². The molecule has 0 radical (unpaired) electrons. The van der Waals surface area contributed by atoms with E-state index < -0.39 is 0 Å². The van der Waals surface area contributed by atoms with Crippen LogP contribution in [0.1, 0.15) is 30.3 Å². The molecule has 0 saturated carbocycles. The van der Waals surface area contributed by atoms with Crippen LogP contribution in [0, 0.1) is 5.92 Å². The number of hydrogen-bond donors (Lipinski definition) is 2. The van der Waals surface area contributed by atoms with Crippen LogP contribution in [0.5, 0.6) is 11.5 Å². The van der Waals surface area contributed by atoms with E-state index in [1.165, 1.54) is 4.88 Å². The van der Waals surface area contributed by atoms with Crippen LogP contribution in [-0.4, -0.2) is 12.2 Å². The van der Waals surface area contributed by atoms with Crippen molar-refractivity contribution in [3.8, 4) is 11.5 Å². The molecular formula is C16H21NO2S. The highest BCUT2D eigenvalue weighted by Gasteiger charge is 2.16. The van der Waals surface area contributed by atoms with Crippen LogP contribution >= 0.6 is 11.3 Å². The van der Waals surface area contributed by atoms with Gasteiger partial charge in [-0.25, -0.2) is 0 Å². The van der Waals surface area contributed by atoms with E-state index in [0.29, 0.717) is 24.3 Å². The van der Waals surface area contributed by atoms with Crippen LogP contribution in [-0.2, 0) is 6.54 Å². The van der Waals surface area contributed by atoms with Crippen LogP contribution < -0.4 is 10.1 Å². The van der Waals surface area contributed by atoms with E-state index in [0.717, 1.165) is 5.56 Å². The average Bonchev–Trinajstić information content (AvgIpc) is 2.94. The Morgan fingerprint density at radius 2 is 2.10 bits per heavy atom. The van der Waals surface area contributed by atoms with Crippen molar-refractivity contribution in [2.24, 2.45) is 5.92 Å². The van der Waals surface area contributed by atoms with Crippen LogP contribution in [0.25, 0.3) is 0 Å². The predicted molar refractivity (Wildman–Crippen MR) is 83.4 cm³/mol. The van der Waals surface area contributed by atoms with Gasteiger partial charge in [0.05, 0.1) is 7.11 Å². The van der Waals surface area contributed by atoms with E-state index in [1.807, 2.05) is 12.1 Å². The summed E-state index contributed by atoms with van der Waals surface area (Å²) in [5.41, 5.74) is 0.882. The molecule has 1 aromatic heterocycles. The third-order valence-corrected chi connectivity index (χ3v) is 4.28. The normalized spacial score (nSPS) is 12.6. The van der Waals surface area contributed by atoms with E-state index >= 15 is 0 Å². The molecule has 2 N–H and O–H groups in total. The standard InChI is InChI=1S/C16H21NO2S/c1-11(2)16(15-5-4-8-20-15)17-10-12-6-7-13(19-3)9-14(12)18/h4-9,11,16-18H,10H2,1-3H3. The number of nitrogens with one attached hydrogen (secondary N) is 1. The number of phenols is 1. The molecule has 0 saturated heterocycles. The van der Waals surface area contributed by atoms with Gasteiger partial charge >= 0.3 is 0 Å². The highest BCUT2D eigenvalue weighted by molar-refractivity contribution is 7.10. The monoisotopic (exact) mass is 291 g/mol. The number of benzene rings is 1. The molecule has 1 atom stereocenters. The number of hydrogen-bond acceptors (Lipinski definition) is 4. The van der Waals surface area contributed by atoms with Gasteiger partial charge < -0.3 is 15.2 Å². The Kier molecular flexibility index (Phi) is 5.04. The van der Waals surface area contributed by atoms with Gasteiger partial charge in [-0.3, -0.25) is 0 Å². The quantitative estimate of drug-likeness (QED) is 0.846. The molecule has 1 heterocycles. The topological polar surface area (TPSA) is 41.5 Å². The summed E-state index contributed by atoms with van der Waals surface area (Å²) in [7, 11) is 1.60. The van der Waals surface area contributed by atoms with Crippen molar-refractivity contribution in [3.63, 3.8) is 0 Å². The zero-order valence-electron chi connectivity index (χ0n) is 12.1. The Morgan fingerprint density at radius 3 is 2.65 bits per heavy atom. The van der Waals surface area contributed by atoms with E-state index in [1.54, 1.807) is 24.5 Å². The number of thiophene rings is 1. The number of rotatable bonds is 6. The molecule has 1 unspecified atom stereocenters. The summed E-state index contributed by atoms with van der Waals surface area (Å²) in [6.45, 7) is 5.03. The van der Waals surface area contributed by atoms with Crippen LogP contribution in [0.15, 0.2) is 35.7 Å². The Bertz CT molecular complexity index is 537. The fraction of sp³-hybridized carbons (Fsp3) is 0.375. The third kappa shape index (κ3) is 3.52. The van der Waals surface area contributed by atoms with Gasteiger partial charge in [0.15, 0.2) is 0 Å². The van der Waals surface area contributed by atoms with Gasteiger partial charge in [-0.2, -0.15) is 0 Å². The first-order valence-corrected chi connectivity index (χ1v) is 7.62. The van der Waals surface area contributed by atoms with Crippen molar-refractivity contribution in [2.75, 3.05) is 7.11 Å². The molecule has 0 aliphatic rings. The second-order valence-corrected chi connectivity index (χ2v) is 6.09. The molecule has 0 amide bonds. The Labute approximate surface area is 124 Å². The molecule has 0 fully saturated rings. The van der Waals surface area contributed by atoms with Gasteiger partial charge in [0, 0.05) is 29.1 Å². The number of aromatic hydroxyl groups is 1. The fourth-order valence-corrected chi connectivity index (χ4v) is 3.15. The highest BCUT2D eigenvalue weighted by Crippen LogP contribution is 2.28. The third-order valence-electron chi connectivity index (χ3n) is 3.32. The van der Waals surface area contributed by atoms with Gasteiger partial charge in [-0.05, 0) is 23.4 Å². The Balaban J connectivity index is 2.06. The number of methoxy groups -OCH3 is 1. The van der Waals surface area contributed by atoms with Crippen LogP contribution in [0.4, 0.5) is 0 Å². The van der Waals surface area contributed by atoms with E-state index in [9.17, 15) is 5.11 Å². The largest absolute Gasteiger partial charge is 0.507 e. The van der Waals surface area contributed by atoms with Crippen molar-refractivity contribution >= 4 is 11.3 Å². The summed E-state index contributed by atoms with van der Waals surface area (Å²) in [5.74, 6) is 1.43. The molecule has 1 aromatic carbocycles. The lowest BCUT2D eigenvalue weighted by Gasteiger charge is -2.21. The van der Waals surface area contributed by atoms with E-state index in [-0.39, 0.29) is 5.75 Å². The highest BCUT2D eigenvalue weighted by atomic mass is 32.1. The van der Waals surface area contributed by atoms with Gasteiger partial charge in [-0.15, -0.1) is 11.3 Å². The van der Waals surface area contributed by atoms with Crippen molar-refractivity contribution < 1.29 is 9.84 Å². The molecule has 2 aromatic rings. The smallest absolute Gasteiger partial charge is 0.123 e. The summed E-state index contributed by atoms with van der Waals surface area (Å²) in [6, 6.07) is 9.93. The van der Waals surface area contributed by atoms with Crippen molar-refractivity contribution in [2.45, 2.75) is 26.4 Å². The Morgan fingerprint density at radius 1 is 1.30 bits per heavy atom. The second-order valence-electron chi connectivity index (χ2n) is 5.11. The van der Waals surface area contributed by atoms with Crippen molar-refractivity contribution in [1.82, 2.24) is 5.32 Å². The minimum absolute atomic E-state index is 0.269. The fourth-order valence-electron chi connectivity index (χ4n) is 2.17. The first kappa shape index (κ1) is 14.9. The molecule has 0 bridgehead atoms. The molecular weight excluding hydrogens is 270 g/mol. The van der Waals surface area contributed by atoms with E-state index in [4.69, 9.17) is 4.74 Å². The molecule has 108 valence electrons. The van der Waals surface area contributed by atoms with Crippen molar-refractivity contribution in [3.05, 3.63) is 46.2 Å². The summed E-state index contributed by atoms with van der Waals surface area (Å²) in [6.07, 6.45) is 0. The molecule has 0 spiro atoms. The molecule has 20 heavy (non-hydrogen) atoms. The molecule has 3 nitrogen and oxygen atoms in total. The average molecular weight is 291 g/mol. The summed E-state index contributed by atoms with van der Waals surface area (Å²) >= 11 is 1.76. The summed E-state index contributed by atoms with van der Waals surface area (Å²) in [4.78, 5) is 1.33. The molecule has 2 rings (SSSR count). The zero-order valence-corrected chi connectivity index (χ0v) is 12.9. The lowest BCUT2D eigenvalue weighted by molar-refractivity contribution is 0.397. The predicted octanol–water partition coefficient (Wildman–Crippen LogP) is 3.95. The van der Waals surface area contributed by atoms with Gasteiger partial charge in [-0.1, -0.05) is 26.0 Å². The van der Waals surface area contributed by atoms with Gasteiger partial charge in [0.2, 0.25) is 0 Å². The van der Waals surface area contributed by atoms with Gasteiger partial charge in [0.1, 0.15) is 11.5 Å². The first-order chi connectivity index (χ1) is 9.61. The summed E-state index contributed by atoms with van der Waals surface area (Å²) in [5, 5.41) is 15.6. The van der Waals surface area contributed by atoms with Gasteiger partial charge in [0.25, 0.3) is 0 Å². The number of phenolic OH excluding ortho intramolecular Hbond substituents is 1. The molecule has 4 heteroatoms. The maximum atomic E-state index is 9.99. The minimum atomic E-state index is 0.269. The SMILES string of the molecule is COc1ccc(CNC(c2cccs2)C(C)C)c(O)c1. The van der Waals surface area contributed by atoms with Crippen molar-refractivity contribution in [1.29, 1.82) is 0 Å². The lowest BCUT2D eigenvalue weighted by atomic mass is 10.0. The summed E-state index contributed by atoms with van der Waals surface area (Å²) < 4.78 is 5.09. The number of ether oxygens (including phenoxy) is 1. The second kappa shape index (κ2) is 6.77. The molecule has 0 aliphatic heterocycles. The minimum Gasteiger partial charge on any atom is -0.507 e. The molecule has 0 aliphatic carbocycles. The van der Waals surface area contributed by atoms with Crippen LogP contribution in [0.3, 0.4) is 0 Å². The maximum Gasteiger partial charge on any atom is 0.123 e. The maximum absolute atomic E-state index is 9.99. The first-order valence-electron chi connectivity index (χ1n) is 6.74. The Hall–Kier alpha value is -1.52. The van der Waals surface area contributed by atoms with E-state index in [2.05, 4.69) is 36.7 Å². The lowest BCUT2D eigenvalue weighted by Crippen LogP contribution is -2.24.